The molecule has 0 aromatic heterocycles. The normalized spacial score (nSPS) is 12.0. The van der Waals surface area contributed by atoms with Crippen LogP contribution in [0.15, 0.2) is 0 Å². The summed E-state index contributed by atoms with van der Waals surface area (Å²) in [7, 11) is 0.291. The highest BCUT2D eigenvalue weighted by Gasteiger charge is 2.25. The molecule has 0 heterocycles. The quantitative estimate of drug-likeness (QED) is 0.375. The molecule has 1 heteroatoms. The smallest absolute Gasteiger partial charge is 0.0207 e. The van der Waals surface area contributed by atoms with Crippen LogP contribution < -0.4 is 0 Å². The first kappa shape index (κ1) is 17.4. The molecule has 0 aliphatic rings. The summed E-state index contributed by atoms with van der Waals surface area (Å²) in [5.74, 6) is 0. The van der Waals surface area contributed by atoms with Crippen LogP contribution >= 0.6 is 7.92 Å². The Morgan fingerprint density at radius 2 is 0.882 bits per heavy atom. The monoisotopic (exact) mass is 258 g/mol. The van der Waals surface area contributed by atoms with Gasteiger partial charge in [-0.2, -0.15) is 0 Å². The highest BCUT2D eigenvalue weighted by Crippen LogP contribution is 2.52. The summed E-state index contributed by atoms with van der Waals surface area (Å²) in [6.45, 7) is 11.9. The Morgan fingerprint density at radius 1 is 0.588 bits per heavy atom. The maximum atomic E-state index is 2.45. The van der Waals surface area contributed by atoms with Gasteiger partial charge >= 0.3 is 0 Å². The van der Waals surface area contributed by atoms with Crippen LogP contribution in [0.2, 0.25) is 0 Å². The number of hydrogen-bond donors (Lipinski definition) is 0. The average Bonchev–Trinajstić information content (AvgIpc) is 2.31. The Labute approximate surface area is 112 Å². The highest BCUT2D eigenvalue weighted by molar-refractivity contribution is 7.59. The van der Waals surface area contributed by atoms with Gasteiger partial charge in [0.05, 0.1) is 0 Å². The Morgan fingerprint density at radius 3 is 1.06 bits per heavy atom. The van der Waals surface area contributed by atoms with Gasteiger partial charge in [-0.1, -0.05) is 60.3 Å². The molecule has 0 fully saturated rings. The third-order valence-corrected chi connectivity index (χ3v) is 7.43. The first-order chi connectivity index (χ1) is 8.24. The molecule has 0 amide bonds. The van der Waals surface area contributed by atoms with E-state index >= 15 is 0 Å². The zero-order chi connectivity index (χ0) is 13.1. The summed E-state index contributed by atoms with van der Waals surface area (Å²) in [4.78, 5) is 0. The molecule has 0 atom stereocenters. The molecule has 0 radical (unpaired) electrons. The van der Waals surface area contributed by atoms with Crippen LogP contribution in [-0.4, -0.2) is 17.5 Å². The topological polar surface area (TPSA) is 0 Å². The van der Waals surface area contributed by atoms with Crippen LogP contribution in [-0.2, 0) is 0 Å². The Hall–Kier alpha value is 0.430. The molecular formula is C16H35P. The SMILES string of the molecule is CCCC(CCC)P(CC)C(CCC)CCC. The minimum Gasteiger partial charge on any atom is -0.101 e. The van der Waals surface area contributed by atoms with Gasteiger partial charge in [-0.25, -0.2) is 0 Å². The van der Waals surface area contributed by atoms with Gasteiger partial charge in [-0.3, -0.25) is 0 Å². The molecule has 0 nitrogen and oxygen atoms in total. The van der Waals surface area contributed by atoms with Crippen LogP contribution in [0.4, 0.5) is 0 Å². The lowest BCUT2D eigenvalue weighted by atomic mass is 10.1. The zero-order valence-corrected chi connectivity index (χ0v) is 13.9. The molecule has 17 heavy (non-hydrogen) atoms. The highest BCUT2D eigenvalue weighted by atomic mass is 31.1. The van der Waals surface area contributed by atoms with Crippen molar-refractivity contribution in [3.63, 3.8) is 0 Å². The maximum Gasteiger partial charge on any atom is -0.0207 e. The van der Waals surface area contributed by atoms with Crippen molar-refractivity contribution in [3.05, 3.63) is 0 Å². The first-order valence-electron chi connectivity index (χ1n) is 8.00. The van der Waals surface area contributed by atoms with E-state index in [0.717, 1.165) is 11.3 Å². The third kappa shape index (κ3) is 6.80. The molecule has 0 spiro atoms. The second kappa shape index (κ2) is 11.5. The molecule has 0 rings (SSSR count). The zero-order valence-electron chi connectivity index (χ0n) is 13.0. The van der Waals surface area contributed by atoms with Crippen molar-refractivity contribution in [1.29, 1.82) is 0 Å². The third-order valence-electron chi connectivity index (χ3n) is 3.79. The molecule has 0 aromatic rings. The van der Waals surface area contributed by atoms with Crippen molar-refractivity contribution >= 4 is 7.92 Å². The van der Waals surface area contributed by atoms with Crippen molar-refractivity contribution in [2.45, 2.75) is 97.3 Å². The maximum absolute atomic E-state index is 2.45. The molecule has 0 bridgehead atoms. The van der Waals surface area contributed by atoms with E-state index in [1.54, 1.807) is 0 Å². The molecule has 0 aromatic carbocycles. The van der Waals surface area contributed by atoms with Gasteiger partial charge in [0.1, 0.15) is 0 Å². The van der Waals surface area contributed by atoms with Crippen LogP contribution in [0.3, 0.4) is 0 Å². The lowest BCUT2D eigenvalue weighted by Crippen LogP contribution is -2.17. The van der Waals surface area contributed by atoms with E-state index in [1.807, 2.05) is 0 Å². The largest absolute Gasteiger partial charge is 0.101 e. The summed E-state index contributed by atoms with van der Waals surface area (Å²) >= 11 is 0. The summed E-state index contributed by atoms with van der Waals surface area (Å²) in [5, 5.41) is 0. The van der Waals surface area contributed by atoms with Gasteiger partial charge in [0.15, 0.2) is 0 Å². The van der Waals surface area contributed by atoms with Crippen molar-refractivity contribution in [1.82, 2.24) is 0 Å². The fourth-order valence-electron chi connectivity index (χ4n) is 3.10. The van der Waals surface area contributed by atoms with Crippen LogP contribution in [0.25, 0.3) is 0 Å². The molecule has 0 N–H and O–H groups in total. The first-order valence-corrected chi connectivity index (χ1v) is 9.67. The summed E-state index contributed by atoms with van der Waals surface area (Å²) in [5.41, 5.74) is 2.13. The predicted molar refractivity (Wildman–Crippen MR) is 84.7 cm³/mol. The summed E-state index contributed by atoms with van der Waals surface area (Å²) < 4.78 is 0. The fraction of sp³-hybridized carbons (Fsp3) is 1.00. The second-order valence-electron chi connectivity index (χ2n) is 5.29. The average molecular weight is 258 g/mol. The molecule has 0 saturated carbocycles. The van der Waals surface area contributed by atoms with E-state index in [2.05, 4.69) is 34.6 Å². The summed E-state index contributed by atoms with van der Waals surface area (Å²) in [6.07, 6.45) is 12.9. The Balaban J connectivity index is 4.55. The minimum absolute atomic E-state index is 0.291. The lowest BCUT2D eigenvalue weighted by molar-refractivity contribution is 0.624. The Kier molecular flexibility index (Phi) is 11.8. The van der Waals surface area contributed by atoms with Crippen molar-refractivity contribution < 1.29 is 0 Å². The second-order valence-corrected chi connectivity index (χ2v) is 8.41. The van der Waals surface area contributed by atoms with E-state index in [-0.39, 0.29) is 0 Å². The number of hydrogen-bond acceptors (Lipinski definition) is 0. The van der Waals surface area contributed by atoms with E-state index in [4.69, 9.17) is 0 Å². The van der Waals surface area contributed by atoms with Gasteiger partial charge < -0.3 is 0 Å². The molecule has 104 valence electrons. The van der Waals surface area contributed by atoms with Crippen LogP contribution in [0.1, 0.15) is 86.0 Å². The molecule has 0 aliphatic carbocycles. The van der Waals surface area contributed by atoms with E-state index in [0.29, 0.717) is 7.92 Å². The molecule has 0 saturated heterocycles. The summed E-state index contributed by atoms with van der Waals surface area (Å²) in [6, 6.07) is 0. The Bertz CT molecular complexity index is 128. The van der Waals surface area contributed by atoms with Crippen molar-refractivity contribution in [3.8, 4) is 0 Å². The van der Waals surface area contributed by atoms with Gasteiger partial charge in [0.25, 0.3) is 0 Å². The van der Waals surface area contributed by atoms with Crippen molar-refractivity contribution in [2.24, 2.45) is 0 Å². The lowest BCUT2D eigenvalue weighted by Gasteiger charge is -2.34. The molecule has 0 unspecified atom stereocenters. The van der Waals surface area contributed by atoms with E-state index in [9.17, 15) is 0 Å². The fourth-order valence-corrected chi connectivity index (χ4v) is 7.09. The molecule has 0 aliphatic heterocycles. The van der Waals surface area contributed by atoms with E-state index < -0.39 is 0 Å². The van der Waals surface area contributed by atoms with Gasteiger partial charge in [0, 0.05) is 0 Å². The van der Waals surface area contributed by atoms with Gasteiger partial charge in [0.2, 0.25) is 0 Å². The predicted octanol–water partition coefficient (Wildman–Crippen LogP) is 6.43. The van der Waals surface area contributed by atoms with Crippen LogP contribution in [0, 0.1) is 0 Å². The van der Waals surface area contributed by atoms with Crippen LogP contribution in [0.5, 0.6) is 0 Å². The van der Waals surface area contributed by atoms with Gasteiger partial charge in [-0.15, -0.1) is 7.92 Å². The molecular weight excluding hydrogens is 223 g/mol. The van der Waals surface area contributed by atoms with E-state index in [1.165, 1.54) is 57.5 Å². The minimum atomic E-state index is 0.291. The van der Waals surface area contributed by atoms with Gasteiger partial charge in [-0.05, 0) is 43.2 Å². The van der Waals surface area contributed by atoms with Crippen molar-refractivity contribution in [2.75, 3.05) is 6.16 Å². The number of rotatable bonds is 11. The standard InChI is InChI=1S/C16H35P/c1-6-11-15(12-7-2)17(10-5)16(13-8-3)14-9-4/h15-16H,6-14H2,1-5H3.